The highest BCUT2D eigenvalue weighted by Crippen LogP contribution is 2.30. The summed E-state index contributed by atoms with van der Waals surface area (Å²) in [4.78, 5) is -0.00416. The Labute approximate surface area is 136 Å². The number of sulfonamides is 1. The molecule has 1 saturated heterocycles. The van der Waals surface area contributed by atoms with Gasteiger partial charge >= 0.3 is 0 Å². The number of rotatable bonds is 4. The van der Waals surface area contributed by atoms with E-state index in [9.17, 15) is 8.42 Å². The Morgan fingerprint density at radius 2 is 2.24 bits per heavy atom. The molecule has 1 aliphatic heterocycles. The fraction of sp³-hybridized carbons (Fsp3) is 0.462. The molecule has 0 radical (unpaired) electrons. The average Bonchev–Trinajstić information content (AvgIpc) is 2.88. The first-order valence-electron chi connectivity index (χ1n) is 6.37. The summed E-state index contributed by atoms with van der Waals surface area (Å²) in [5, 5.41) is 12.3. The number of hydrogen-bond donors (Lipinski definition) is 1. The van der Waals surface area contributed by atoms with E-state index in [1.165, 1.54) is 16.4 Å². The Hall–Kier alpha value is -0.840. The van der Waals surface area contributed by atoms with Crippen LogP contribution in [0.2, 0.25) is 5.02 Å². The Bertz CT molecular complexity index is 643. The maximum atomic E-state index is 12.7. The third-order valence-electron chi connectivity index (χ3n) is 3.44. The smallest absolute Gasteiger partial charge is 0.244 e. The highest BCUT2D eigenvalue weighted by atomic mass is 35.5. The molecule has 0 saturated carbocycles. The van der Waals surface area contributed by atoms with E-state index in [0.717, 1.165) is 12.8 Å². The summed E-state index contributed by atoms with van der Waals surface area (Å²) in [5.41, 5.74) is 0.0178. The van der Waals surface area contributed by atoms with Gasteiger partial charge in [-0.25, -0.2) is 8.42 Å². The fourth-order valence-corrected chi connectivity index (χ4v) is 4.65. The molecule has 1 unspecified atom stereocenters. The van der Waals surface area contributed by atoms with Gasteiger partial charge in [0, 0.05) is 19.1 Å². The van der Waals surface area contributed by atoms with Crippen molar-refractivity contribution < 1.29 is 8.42 Å². The normalized spacial score (nSPS) is 19.0. The van der Waals surface area contributed by atoms with Gasteiger partial charge in [-0.2, -0.15) is 9.57 Å². The number of nitriles is 1. The van der Waals surface area contributed by atoms with E-state index in [4.69, 9.17) is 16.9 Å². The zero-order chi connectivity index (χ0) is 14.8. The predicted molar refractivity (Wildman–Crippen MR) is 84.3 cm³/mol. The number of nitrogens with zero attached hydrogens (tertiary/aromatic N) is 2. The van der Waals surface area contributed by atoms with E-state index in [1.54, 1.807) is 13.1 Å². The number of benzene rings is 1. The highest BCUT2D eigenvalue weighted by Gasteiger charge is 2.36. The van der Waals surface area contributed by atoms with Gasteiger partial charge in [0.25, 0.3) is 0 Å². The van der Waals surface area contributed by atoms with E-state index in [2.05, 4.69) is 5.32 Å². The molecule has 1 aromatic carbocycles. The Morgan fingerprint density at radius 1 is 1.52 bits per heavy atom. The lowest BCUT2D eigenvalue weighted by molar-refractivity contribution is 0.379. The van der Waals surface area contributed by atoms with Crippen LogP contribution in [0.5, 0.6) is 0 Å². The second-order valence-corrected chi connectivity index (χ2v) is 6.96. The summed E-state index contributed by atoms with van der Waals surface area (Å²) in [7, 11) is -1.89. The van der Waals surface area contributed by atoms with Crippen LogP contribution >= 0.6 is 24.0 Å². The molecule has 1 heterocycles. The molecule has 0 aromatic heterocycles. The van der Waals surface area contributed by atoms with Gasteiger partial charge in [-0.3, -0.25) is 0 Å². The molecule has 0 amide bonds. The second-order valence-electron chi connectivity index (χ2n) is 4.69. The monoisotopic (exact) mass is 349 g/mol. The van der Waals surface area contributed by atoms with Crippen LogP contribution in [0.4, 0.5) is 0 Å². The molecule has 0 spiro atoms. The van der Waals surface area contributed by atoms with Gasteiger partial charge in [0.05, 0.1) is 10.6 Å². The second kappa shape index (κ2) is 7.43. The lowest BCUT2D eigenvalue weighted by atomic mass is 10.2. The molecule has 2 rings (SSSR count). The van der Waals surface area contributed by atoms with Crippen molar-refractivity contribution in [2.24, 2.45) is 0 Å². The van der Waals surface area contributed by atoms with Crippen LogP contribution in [0, 0.1) is 11.3 Å². The van der Waals surface area contributed by atoms with Crippen molar-refractivity contribution in [1.82, 2.24) is 9.62 Å². The van der Waals surface area contributed by atoms with Gasteiger partial charge in [0.15, 0.2) is 0 Å². The van der Waals surface area contributed by atoms with Crippen LogP contribution < -0.4 is 5.32 Å². The van der Waals surface area contributed by atoms with E-state index in [-0.39, 0.29) is 33.9 Å². The number of halogens is 2. The maximum Gasteiger partial charge on any atom is 0.244 e. The van der Waals surface area contributed by atoms with Crippen molar-refractivity contribution in [3.63, 3.8) is 0 Å². The first-order valence-corrected chi connectivity index (χ1v) is 8.19. The zero-order valence-corrected chi connectivity index (χ0v) is 13.9. The van der Waals surface area contributed by atoms with Gasteiger partial charge in [-0.1, -0.05) is 17.7 Å². The summed E-state index contributed by atoms with van der Waals surface area (Å²) in [6.07, 6.45) is 1.65. The van der Waals surface area contributed by atoms with E-state index >= 15 is 0 Å². The molecule has 116 valence electrons. The molecular formula is C13H17Cl2N3O2S. The van der Waals surface area contributed by atoms with E-state index in [1.807, 2.05) is 6.07 Å². The Kier molecular flexibility index (Phi) is 6.44. The van der Waals surface area contributed by atoms with Gasteiger partial charge in [0.1, 0.15) is 11.0 Å². The summed E-state index contributed by atoms with van der Waals surface area (Å²) in [6.45, 7) is 1.08. The SMILES string of the molecule is CNCC1CCCN1S(=O)(=O)c1cccc(Cl)c1C#N.Cl. The van der Waals surface area contributed by atoms with Crippen LogP contribution in [0.15, 0.2) is 23.1 Å². The minimum atomic E-state index is -3.69. The van der Waals surface area contributed by atoms with Crippen LogP contribution in [0.1, 0.15) is 18.4 Å². The molecule has 1 atom stereocenters. The minimum Gasteiger partial charge on any atom is -0.318 e. The summed E-state index contributed by atoms with van der Waals surface area (Å²) >= 11 is 5.92. The van der Waals surface area contributed by atoms with Gasteiger partial charge < -0.3 is 5.32 Å². The van der Waals surface area contributed by atoms with Gasteiger partial charge in [0.2, 0.25) is 10.0 Å². The largest absolute Gasteiger partial charge is 0.318 e. The molecule has 1 aromatic rings. The average molecular weight is 350 g/mol. The van der Waals surface area contributed by atoms with Crippen LogP contribution in [0.25, 0.3) is 0 Å². The molecule has 8 heteroatoms. The van der Waals surface area contributed by atoms with Crippen molar-refractivity contribution >= 4 is 34.0 Å². The topological polar surface area (TPSA) is 73.2 Å². The van der Waals surface area contributed by atoms with Crippen LogP contribution in [-0.4, -0.2) is 38.9 Å². The zero-order valence-electron chi connectivity index (χ0n) is 11.5. The molecular weight excluding hydrogens is 333 g/mol. The highest BCUT2D eigenvalue weighted by molar-refractivity contribution is 7.89. The molecule has 1 N–H and O–H groups in total. The van der Waals surface area contributed by atoms with Crippen LogP contribution in [-0.2, 0) is 10.0 Å². The summed E-state index contributed by atoms with van der Waals surface area (Å²) in [6, 6.07) is 6.33. The third kappa shape index (κ3) is 3.50. The fourth-order valence-electron chi connectivity index (χ4n) is 2.52. The molecule has 1 aliphatic rings. The van der Waals surface area contributed by atoms with Crippen molar-refractivity contribution in [3.05, 3.63) is 28.8 Å². The summed E-state index contributed by atoms with van der Waals surface area (Å²) in [5.74, 6) is 0. The lowest BCUT2D eigenvalue weighted by Crippen LogP contribution is -2.41. The van der Waals surface area contributed by atoms with Crippen molar-refractivity contribution in [2.45, 2.75) is 23.8 Å². The number of likely N-dealkylation sites (N-methyl/N-ethyl adjacent to an activating group) is 1. The number of hydrogen-bond acceptors (Lipinski definition) is 4. The molecule has 5 nitrogen and oxygen atoms in total. The quantitative estimate of drug-likeness (QED) is 0.902. The van der Waals surface area contributed by atoms with Crippen LogP contribution in [0.3, 0.4) is 0 Å². The third-order valence-corrected chi connectivity index (χ3v) is 5.75. The Balaban J connectivity index is 0.00000220. The van der Waals surface area contributed by atoms with Crippen molar-refractivity contribution in [1.29, 1.82) is 5.26 Å². The standard InChI is InChI=1S/C13H16ClN3O2S.ClH/c1-16-9-10-4-3-7-17(10)20(18,19)13-6-2-5-12(14)11(13)8-15;/h2,5-6,10,16H,3-4,7,9H2,1H3;1H. The van der Waals surface area contributed by atoms with Crippen molar-refractivity contribution in [3.8, 4) is 6.07 Å². The van der Waals surface area contributed by atoms with E-state index in [0.29, 0.717) is 13.1 Å². The minimum absolute atomic E-state index is 0. The Morgan fingerprint density at radius 3 is 2.86 bits per heavy atom. The van der Waals surface area contributed by atoms with Gasteiger partial charge in [-0.05, 0) is 32.0 Å². The van der Waals surface area contributed by atoms with E-state index < -0.39 is 10.0 Å². The summed E-state index contributed by atoms with van der Waals surface area (Å²) < 4.78 is 26.9. The van der Waals surface area contributed by atoms with Crippen molar-refractivity contribution in [2.75, 3.05) is 20.1 Å². The molecule has 0 bridgehead atoms. The first kappa shape index (κ1) is 18.2. The molecule has 21 heavy (non-hydrogen) atoms. The molecule has 1 fully saturated rings. The predicted octanol–water partition coefficient (Wildman–Crippen LogP) is 2.01. The number of nitrogens with one attached hydrogen (secondary N) is 1. The first-order chi connectivity index (χ1) is 9.52. The lowest BCUT2D eigenvalue weighted by Gasteiger charge is -2.24. The van der Waals surface area contributed by atoms with Gasteiger partial charge in [-0.15, -0.1) is 12.4 Å². The maximum absolute atomic E-state index is 12.7. The molecule has 0 aliphatic carbocycles.